The van der Waals surface area contributed by atoms with Gasteiger partial charge in [-0.3, -0.25) is 0 Å². The van der Waals surface area contributed by atoms with E-state index >= 15 is 0 Å². The van der Waals surface area contributed by atoms with Gasteiger partial charge in [-0.25, -0.2) is 4.79 Å². The molecule has 0 spiro atoms. The van der Waals surface area contributed by atoms with Gasteiger partial charge in [-0.05, 0) is 58.6 Å². The number of furan rings is 1. The second-order valence-electron chi connectivity index (χ2n) is 10.1. The minimum atomic E-state index is -0.396. The van der Waals surface area contributed by atoms with Gasteiger partial charge in [0.15, 0.2) is 6.29 Å². The van der Waals surface area contributed by atoms with Crippen molar-refractivity contribution in [2.24, 2.45) is 0 Å². The topological polar surface area (TPSA) is 71.0 Å². The lowest BCUT2D eigenvalue weighted by Gasteiger charge is -2.23. The van der Waals surface area contributed by atoms with Crippen LogP contribution in [-0.4, -0.2) is 24.6 Å². The third-order valence-corrected chi connectivity index (χ3v) is 6.74. The Labute approximate surface area is 207 Å². The zero-order valence-corrected chi connectivity index (χ0v) is 21.4. The number of rotatable bonds is 12. The largest absolute Gasteiger partial charge is 0.492 e. The summed E-state index contributed by atoms with van der Waals surface area (Å²) in [5.74, 6) is 0.677. The summed E-state index contributed by atoms with van der Waals surface area (Å²) in [6, 6.07) is 6.75. The minimum Gasteiger partial charge on any atom is -0.492 e. The summed E-state index contributed by atoms with van der Waals surface area (Å²) in [5, 5.41) is 1.63. The van der Waals surface area contributed by atoms with Gasteiger partial charge in [0.05, 0.1) is 35.3 Å². The monoisotopic (exact) mass is 482 g/mol. The Bertz CT molecular complexity index is 1200. The maximum atomic E-state index is 11.6. The second-order valence-corrected chi connectivity index (χ2v) is 10.1. The van der Waals surface area contributed by atoms with Gasteiger partial charge in [0.1, 0.15) is 16.9 Å². The summed E-state index contributed by atoms with van der Waals surface area (Å²) in [6.45, 7) is 9.13. The van der Waals surface area contributed by atoms with E-state index < -0.39 is 5.63 Å². The number of fused-ring (bicyclic) bond motifs is 2. The minimum absolute atomic E-state index is 0.0480. The Morgan fingerprint density at radius 1 is 1.09 bits per heavy atom. The van der Waals surface area contributed by atoms with Crippen molar-refractivity contribution in [1.82, 2.24) is 0 Å². The highest BCUT2D eigenvalue weighted by molar-refractivity contribution is 6.01. The fraction of sp³-hybridized carbons (Fsp3) is 0.552. The molecule has 0 amide bonds. The Balaban J connectivity index is 1.31. The zero-order valence-electron chi connectivity index (χ0n) is 21.4. The predicted molar refractivity (Wildman–Crippen MR) is 138 cm³/mol. The van der Waals surface area contributed by atoms with E-state index in [2.05, 4.69) is 33.8 Å². The smallest absolute Gasteiger partial charge is 0.336 e. The van der Waals surface area contributed by atoms with Crippen LogP contribution in [0.25, 0.3) is 21.9 Å². The Morgan fingerprint density at radius 3 is 2.71 bits per heavy atom. The number of hydrogen-bond donors (Lipinski definition) is 0. The van der Waals surface area contributed by atoms with E-state index in [9.17, 15) is 4.79 Å². The van der Waals surface area contributed by atoms with Crippen LogP contribution in [0.15, 0.2) is 55.8 Å². The first kappa shape index (κ1) is 25.5. The summed E-state index contributed by atoms with van der Waals surface area (Å²) in [7, 11) is 0. The van der Waals surface area contributed by atoms with Crippen molar-refractivity contribution in [2.45, 2.75) is 97.1 Å². The van der Waals surface area contributed by atoms with Crippen LogP contribution < -0.4 is 10.4 Å². The molecule has 3 heterocycles. The van der Waals surface area contributed by atoms with Gasteiger partial charge in [0.2, 0.25) is 0 Å². The summed E-state index contributed by atoms with van der Waals surface area (Å²) >= 11 is 0. The first-order chi connectivity index (χ1) is 16.9. The van der Waals surface area contributed by atoms with Crippen molar-refractivity contribution in [3.63, 3.8) is 0 Å². The van der Waals surface area contributed by atoms with Crippen LogP contribution in [-0.2, 0) is 9.47 Å². The highest BCUT2D eigenvalue weighted by atomic mass is 16.7. The molecular formula is C29H38O6. The first-order valence-electron chi connectivity index (χ1n) is 12.9. The standard InChI is InChI=1S/C29H38O6/c1-5-6-7-8-9-12-27-34-25(29(3,4)35-27)18-20(2)11-10-16-32-28-21-13-14-26(30)33-24(21)19-23-22(28)15-17-31-23/h11,13-15,17,19,25,27H,5-10,12,16,18H2,1-4H3/b20-11-/t25-,27?/m0/s1. The van der Waals surface area contributed by atoms with Gasteiger partial charge in [0, 0.05) is 12.1 Å². The average Bonchev–Trinajstić information content (AvgIpc) is 3.39. The SMILES string of the molecule is CCCCCCCC1O[C@@H](C/C(C)=C\CCOc2c3ccoc3cc3oc(=O)ccc23)C(C)(C)O1. The molecule has 0 radical (unpaired) electrons. The van der Waals surface area contributed by atoms with E-state index in [0.717, 1.165) is 36.5 Å². The fourth-order valence-electron chi connectivity index (χ4n) is 4.73. The molecule has 1 fully saturated rings. The zero-order chi connectivity index (χ0) is 24.8. The Morgan fingerprint density at radius 2 is 1.89 bits per heavy atom. The summed E-state index contributed by atoms with van der Waals surface area (Å²) < 4.78 is 29.5. The molecule has 3 aromatic rings. The van der Waals surface area contributed by atoms with Crippen LogP contribution in [0.5, 0.6) is 5.75 Å². The first-order valence-corrected chi connectivity index (χ1v) is 12.9. The quantitative estimate of drug-likeness (QED) is 0.151. The molecule has 1 aromatic carbocycles. The second kappa shape index (κ2) is 11.4. The lowest BCUT2D eigenvalue weighted by Crippen LogP contribution is -2.33. The molecule has 1 saturated heterocycles. The third-order valence-electron chi connectivity index (χ3n) is 6.74. The molecule has 1 aliphatic rings. The molecule has 1 unspecified atom stereocenters. The van der Waals surface area contributed by atoms with Crippen molar-refractivity contribution in [3.05, 3.63) is 52.6 Å². The highest BCUT2D eigenvalue weighted by Gasteiger charge is 2.42. The molecule has 1 aliphatic heterocycles. The van der Waals surface area contributed by atoms with Crippen molar-refractivity contribution < 1.29 is 23.0 Å². The molecule has 0 aliphatic carbocycles. The summed E-state index contributed by atoms with van der Waals surface area (Å²) in [6.07, 6.45) is 12.6. The van der Waals surface area contributed by atoms with Crippen molar-refractivity contribution >= 4 is 21.9 Å². The molecule has 0 N–H and O–H groups in total. The third kappa shape index (κ3) is 6.36. The summed E-state index contributed by atoms with van der Waals surface area (Å²) in [5.41, 5.74) is 1.67. The molecule has 190 valence electrons. The number of ether oxygens (including phenoxy) is 3. The molecule has 0 saturated carbocycles. The van der Waals surface area contributed by atoms with E-state index in [4.69, 9.17) is 23.0 Å². The predicted octanol–water partition coefficient (Wildman–Crippen LogP) is 7.53. The molecule has 4 rings (SSSR count). The number of unbranched alkanes of at least 4 members (excludes halogenated alkanes) is 4. The maximum absolute atomic E-state index is 11.6. The number of benzene rings is 1. The highest BCUT2D eigenvalue weighted by Crippen LogP contribution is 2.36. The van der Waals surface area contributed by atoms with Gasteiger partial charge in [-0.15, -0.1) is 0 Å². The molecule has 2 atom stereocenters. The summed E-state index contributed by atoms with van der Waals surface area (Å²) in [4.78, 5) is 11.6. The van der Waals surface area contributed by atoms with Gasteiger partial charge < -0.3 is 23.0 Å². The van der Waals surface area contributed by atoms with Crippen LogP contribution >= 0.6 is 0 Å². The normalized spacial score (nSPS) is 20.2. The van der Waals surface area contributed by atoms with Crippen LogP contribution in [0.1, 0.15) is 79.1 Å². The number of hydrogen-bond acceptors (Lipinski definition) is 6. The molecule has 6 nitrogen and oxygen atoms in total. The van der Waals surface area contributed by atoms with Gasteiger partial charge in [-0.1, -0.05) is 44.3 Å². The Kier molecular flexibility index (Phi) is 8.34. The van der Waals surface area contributed by atoms with Crippen LogP contribution in [0, 0.1) is 0 Å². The van der Waals surface area contributed by atoms with E-state index in [0.29, 0.717) is 23.5 Å². The van der Waals surface area contributed by atoms with Crippen LogP contribution in [0.4, 0.5) is 0 Å². The van der Waals surface area contributed by atoms with Gasteiger partial charge >= 0.3 is 5.63 Å². The van der Waals surface area contributed by atoms with E-state index in [1.54, 1.807) is 18.4 Å². The molecular weight excluding hydrogens is 444 g/mol. The lowest BCUT2D eigenvalue weighted by molar-refractivity contribution is -0.0855. The van der Waals surface area contributed by atoms with Crippen LogP contribution in [0.2, 0.25) is 0 Å². The molecule has 2 aromatic heterocycles. The van der Waals surface area contributed by atoms with E-state index in [-0.39, 0.29) is 18.0 Å². The van der Waals surface area contributed by atoms with Crippen LogP contribution in [0.3, 0.4) is 0 Å². The molecule has 0 bridgehead atoms. The van der Waals surface area contributed by atoms with Gasteiger partial charge in [0.25, 0.3) is 0 Å². The van der Waals surface area contributed by atoms with Crippen molar-refractivity contribution in [3.8, 4) is 5.75 Å². The van der Waals surface area contributed by atoms with E-state index in [1.807, 2.05) is 6.07 Å². The average molecular weight is 483 g/mol. The Hall–Kier alpha value is -2.57. The lowest BCUT2D eigenvalue weighted by atomic mass is 9.95. The van der Waals surface area contributed by atoms with Gasteiger partial charge in [-0.2, -0.15) is 0 Å². The van der Waals surface area contributed by atoms with Crippen molar-refractivity contribution in [1.29, 1.82) is 0 Å². The van der Waals surface area contributed by atoms with E-state index in [1.165, 1.54) is 37.3 Å². The maximum Gasteiger partial charge on any atom is 0.336 e. The fourth-order valence-corrected chi connectivity index (χ4v) is 4.73. The molecule has 6 heteroatoms. The molecule has 35 heavy (non-hydrogen) atoms. The van der Waals surface area contributed by atoms with Crippen molar-refractivity contribution in [2.75, 3.05) is 6.61 Å².